The first-order valence-electron chi connectivity index (χ1n) is 8.74. The van der Waals surface area contributed by atoms with Crippen molar-refractivity contribution in [1.29, 1.82) is 0 Å². The summed E-state index contributed by atoms with van der Waals surface area (Å²) in [6, 6.07) is 10.7. The minimum Gasteiger partial charge on any atom is -0.385 e. The Kier molecular flexibility index (Phi) is 6.33. The van der Waals surface area contributed by atoms with Crippen LogP contribution in [0.5, 0.6) is 0 Å². The van der Waals surface area contributed by atoms with Crippen LogP contribution in [0.3, 0.4) is 0 Å². The van der Waals surface area contributed by atoms with E-state index in [1.54, 1.807) is 18.2 Å². The van der Waals surface area contributed by atoms with Gasteiger partial charge in [-0.2, -0.15) is 0 Å². The molecule has 1 aliphatic rings. The molecule has 0 spiro atoms. The second kappa shape index (κ2) is 8.53. The Morgan fingerprint density at radius 3 is 2.41 bits per heavy atom. The molecule has 6 heteroatoms. The summed E-state index contributed by atoms with van der Waals surface area (Å²) < 4.78 is 12.9. The van der Waals surface area contributed by atoms with Crippen LogP contribution < -0.4 is 0 Å². The summed E-state index contributed by atoms with van der Waals surface area (Å²) in [5.41, 5.74) is 0.317. The number of aliphatic hydroxyl groups is 1. The molecule has 3 nitrogen and oxygen atoms in total. The molecule has 1 fully saturated rings. The van der Waals surface area contributed by atoms with E-state index in [1.165, 1.54) is 30.3 Å². The second-order valence-corrected chi connectivity index (χ2v) is 7.55. The van der Waals surface area contributed by atoms with Crippen LogP contribution in [0.2, 0.25) is 10.0 Å². The maximum absolute atomic E-state index is 12.9. The monoisotopic (exact) mass is 407 g/mol. The van der Waals surface area contributed by atoms with Crippen LogP contribution in [-0.2, 0) is 5.60 Å². The molecule has 0 radical (unpaired) electrons. The van der Waals surface area contributed by atoms with Crippen molar-refractivity contribution in [3.63, 3.8) is 0 Å². The molecule has 27 heavy (non-hydrogen) atoms. The first-order valence-corrected chi connectivity index (χ1v) is 9.50. The summed E-state index contributed by atoms with van der Waals surface area (Å²) in [5, 5.41) is 11.8. The van der Waals surface area contributed by atoms with Gasteiger partial charge in [-0.15, -0.1) is 0 Å². The number of carbonyl (C=O) groups is 1. The van der Waals surface area contributed by atoms with Gasteiger partial charge in [0.25, 0.3) is 0 Å². The lowest BCUT2D eigenvalue weighted by Crippen LogP contribution is -2.42. The van der Waals surface area contributed by atoms with Crippen molar-refractivity contribution in [1.82, 2.24) is 4.90 Å². The summed E-state index contributed by atoms with van der Waals surface area (Å²) in [6.45, 7) is 2.02. The fraction of sp³-hybridized carbons (Fsp3) is 0.286. The van der Waals surface area contributed by atoms with Crippen LogP contribution in [0, 0.1) is 5.82 Å². The Morgan fingerprint density at radius 1 is 1.11 bits per heavy atom. The SMILES string of the molecule is O=C(C=CCN1CCC(O)(c2ccc(Cl)c(Cl)c2)CC1)c1ccc(F)cc1. The average molecular weight is 408 g/mol. The first-order chi connectivity index (χ1) is 12.9. The van der Waals surface area contributed by atoms with Gasteiger partial charge in [-0.25, -0.2) is 4.39 Å². The van der Waals surface area contributed by atoms with Gasteiger partial charge in [0, 0.05) is 25.2 Å². The number of halogens is 3. The number of carbonyl (C=O) groups excluding carboxylic acids is 1. The van der Waals surface area contributed by atoms with Crippen molar-refractivity contribution < 1.29 is 14.3 Å². The van der Waals surface area contributed by atoms with Gasteiger partial charge in [0.1, 0.15) is 5.82 Å². The Morgan fingerprint density at radius 2 is 1.78 bits per heavy atom. The van der Waals surface area contributed by atoms with Crippen molar-refractivity contribution >= 4 is 29.0 Å². The van der Waals surface area contributed by atoms with Crippen LogP contribution in [0.25, 0.3) is 0 Å². The summed E-state index contributed by atoms with van der Waals surface area (Å²) in [6.07, 6.45) is 4.46. The maximum atomic E-state index is 12.9. The lowest BCUT2D eigenvalue weighted by molar-refractivity contribution is -0.0234. The minimum atomic E-state index is -0.918. The highest BCUT2D eigenvalue weighted by Crippen LogP contribution is 2.35. The highest BCUT2D eigenvalue weighted by Gasteiger charge is 2.33. The zero-order valence-corrected chi connectivity index (χ0v) is 16.2. The highest BCUT2D eigenvalue weighted by atomic mass is 35.5. The molecule has 0 aromatic heterocycles. The molecule has 2 aromatic rings. The summed E-state index contributed by atoms with van der Waals surface area (Å²) in [4.78, 5) is 14.2. The smallest absolute Gasteiger partial charge is 0.185 e. The van der Waals surface area contributed by atoms with E-state index >= 15 is 0 Å². The summed E-state index contributed by atoms with van der Waals surface area (Å²) >= 11 is 12.0. The fourth-order valence-electron chi connectivity index (χ4n) is 3.20. The maximum Gasteiger partial charge on any atom is 0.185 e. The van der Waals surface area contributed by atoms with Gasteiger partial charge >= 0.3 is 0 Å². The Hall–Kier alpha value is -1.72. The number of likely N-dealkylation sites (tertiary alicyclic amines) is 1. The van der Waals surface area contributed by atoms with E-state index in [0.717, 1.165) is 5.56 Å². The number of rotatable bonds is 5. The summed E-state index contributed by atoms with van der Waals surface area (Å²) in [5.74, 6) is -0.516. The Balaban J connectivity index is 1.54. The van der Waals surface area contributed by atoms with Gasteiger partial charge in [-0.3, -0.25) is 9.69 Å². The van der Waals surface area contributed by atoms with E-state index in [9.17, 15) is 14.3 Å². The highest BCUT2D eigenvalue weighted by molar-refractivity contribution is 6.42. The number of piperidine rings is 1. The molecule has 142 valence electrons. The Bertz CT molecular complexity index is 844. The number of nitrogens with zero attached hydrogens (tertiary/aromatic N) is 1. The van der Waals surface area contributed by atoms with Gasteiger partial charge in [0.05, 0.1) is 15.6 Å². The molecule has 2 aromatic carbocycles. The lowest BCUT2D eigenvalue weighted by atomic mass is 9.84. The van der Waals surface area contributed by atoms with Gasteiger partial charge < -0.3 is 5.11 Å². The van der Waals surface area contributed by atoms with Crippen LogP contribution in [0.1, 0.15) is 28.8 Å². The Labute approximate surface area is 168 Å². The van der Waals surface area contributed by atoms with E-state index in [1.807, 2.05) is 6.07 Å². The van der Waals surface area contributed by atoms with E-state index in [0.29, 0.717) is 48.1 Å². The third-order valence-electron chi connectivity index (χ3n) is 4.90. The number of hydrogen-bond acceptors (Lipinski definition) is 3. The largest absolute Gasteiger partial charge is 0.385 e. The van der Waals surface area contributed by atoms with Gasteiger partial charge in [-0.05, 0) is 60.9 Å². The number of ketones is 1. The zero-order valence-electron chi connectivity index (χ0n) is 14.7. The number of allylic oxidation sites excluding steroid dienone is 1. The quantitative estimate of drug-likeness (QED) is 0.568. The first kappa shape index (κ1) is 20.0. The van der Waals surface area contributed by atoms with Gasteiger partial charge in [-0.1, -0.05) is 35.3 Å². The van der Waals surface area contributed by atoms with Gasteiger partial charge in [0.15, 0.2) is 5.78 Å². The van der Waals surface area contributed by atoms with Crippen molar-refractivity contribution in [3.05, 3.63) is 81.6 Å². The third kappa shape index (κ3) is 4.96. The molecule has 0 bridgehead atoms. The molecule has 1 heterocycles. The van der Waals surface area contributed by atoms with E-state index < -0.39 is 5.60 Å². The predicted octanol–water partition coefficient (Wildman–Crippen LogP) is 4.86. The summed E-state index contributed by atoms with van der Waals surface area (Å²) in [7, 11) is 0. The minimum absolute atomic E-state index is 0.153. The molecule has 0 saturated carbocycles. The van der Waals surface area contributed by atoms with Crippen LogP contribution >= 0.6 is 23.2 Å². The molecule has 3 rings (SSSR count). The topological polar surface area (TPSA) is 40.5 Å². The normalized spacial score (nSPS) is 17.3. The number of benzene rings is 2. The van der Waals surface area contributed by atoms with Crippen molar-refractivity contribution in [2.75, 3.05) is 19.6 Å². The van der Waals surface area contributed by atoms with E-state index in [-0.39, 0.29) is 11.6 Å². The lowest BCUT2D eigenvalue weighted by Gasteiger charge is -2.38. The molecular formula is C21H20Cl2FNO2. The molecule has 0 aliphatic carbocycles. The van der Waals surface area contributed by atoms with E-state index in [4.69, 9.17) is 23.2 Å². The molecular weight excluding hydrogens is 388 g/mol. The number of hydrogen-bond donors (Lipinski definition) is 1. The molecule has 1 N–H and O–H groups in total. The molecule has 0 unspecified atom stereocenters. The molecule has 1 aliphatic heterocycles. The predicted molar refractivity (Wildman–Crippen MR) is 106 cm³/mol. The van der Waals surface area contributed by atoms with Crippen molar-refractivity contribution in [2.45, 2.75) is 18.4 Å². The van der Waals surface area contributed by atoms with Crippen LogP contribution in [0.15, 0.2) is 54.6 Å². The standard InChI is InChI=1S/C21H20Cl2FNO2/c22-18-8-5-16(14-19(18)23)21(27)9-12-25(13-10-21)11-1-2-20(26)15-3-6-17(24)7-4-15/h1-8,14,27H,9-13H2. The second-order valence-electron chi connectivity index (χ2n) is 6.73. The van der Waals surface area contributed by atoms with Crippen molar-refractivity contribution in [3.8, 4) is 0 Å². The fourth-order valence-corrected chi connectivity index (χ4v) is 3.50. The average Bonchev–Trinajstić information content (AvgIpc) is 2.66. The zero-order chi connectivity index (χ0) is 19.4. The molecule has 0 amide bonds. The third-order valence-corrected chi connectivity index (χ3v) is 5.64. The van der Waals surface area contributed by atoms with Crippen LogP contribution in [0.4, 0.5) is 4.39 Å². The van der Waals surface area contributed by atoms with E-state index in [2.05, 4.69) is 4.90 Å². The van der Waals surface area contributed by atoms with Gasteiger partial charge in [0.2, 0.25) is 0 Å². The molecule has 0 atom stereocenters. The van der Waals surface area contributed by atoms with Crippen molar-refractivity contribution in [2.24, 2.45) is 0 Å². The van der Waals surface area contributed by atoms with Crippen LogP contribution in [-0.4, -0.2) is 35.4 Å². The molecule has 1 saturated heterocycles.